The van der Waals surface area contributed by atoms with Gasteiger partial charge in [0.2, 0.25) is 5.91 Å². The molecular formula is C16H22N4OS. The fraction of sp³-hybridized carbons (Fsp3) is 0.562. The van der Waals surface area contributed by atoms with Gasteiger partial charge >= 0.3 is 0 Å². The third-order valence-electron chi connectivity index (χ3n) is 4.11. The number of carbonyl (C=O) groups is 1. The summed E-state index contributed by atoms with van der Waals surface area (Å²) < 4.78 is 1.16. The maximum Gasteiger partial charge on any atom is 0.223 e. The lowest BCUT2D eigenvalue weighted by atomic mass is 9.95. The first kappa shape index (κ1) is 15.2. The number of hydrogen-bond acceptors (Lipinski definition) is 5. The molecule has 3 heterocycles. The molecule has 0 radical (unpaired) electrons. The Morgan fingerprint density at radius 1 is 1.36 bits per heavy atom. The largest absolute Gasteiger partial charge is 0.355 e. The number of rotatable bonds is 3. The normalized spacial score (nSPS) is 16.5. The second-order valence-electron chi connectivity index (χ2n) is 6.22. The molecule has 6 heteroatoms. The topological polar surface area (TPSA) is 58.1 Å². The molecule has 0 spiro atoms. The van der Waals surface area contributed by atoms with Gasteiger partial charge in [-0.25, -0.2) is 9.97 Å². The Bertz CT molecular complexity index is 674. The van der Waals surface area contributed by atoms with E-state index < -0.39 is 0 Å². The molecule has 1 saturated heterocycles. The number of nitrogens with zero attached hydrogens (tertiary/aromatic N) is 3. The van der Waals surface area contributed by atoms with Crippen LogP contribution in [0.3, 0.4) is 0 Å². The average molecular weight is 318 g/mol. The molecule has 2 aromatic rings. The van der Waals surface area contributed by atoms with Crippen molar-refractivity contribution in [1.29, 1.82) is 0 Å². The van der Waals surface area contributed by atoms with Crippen LogP contribution in [0.25, 0.3) is 10.2 Å². The number of piperidine rings is 1. The fourth-order valence-electron chi connectivity index (χ4n) is 2.94. The van der Waals surface area contributed by atoms with E-state index in [0.717, 1.165) is 42.0 Å². The number of amides is 1. The van der Waals surface area contributed by atoms with Gasteiger partial charge in [0, 0.05) is 25.0 Å². The van der Waals surface area contributed by atoms with Crippen molar-refractivity contribution in [3.8, 4) is 0 Å². The molecule has 5 nitrogen and oxygen atoms in total. The van der Waals surface area contributed by atoms with Crippen LogP contribution in [0, 0.1) is 12.8 Å². The first-order valence-corrected chi connectivity index (χ1v) is 8.68. The third-order valence-corrected chi connectivity index (χ3v) is 5.19. The van der Waals surface area contributed by atoms with Gasteiger partial charge in [0.25, 0.3) is 0 Å². The molecule has 2 aromatic heterocycles. The number of fused-ring (bicyclic) bond motifs is 1. The molecule has 22 heavy (non-hydrogen) atoms. The van der Waals surface area contributed by atoms with Crippen LogP contribution in [0.15, 0.2) is 11.7 Å². The molecule has 0 aliphatic carbocycles. The van der Waals surface area contributed by atoms with Crippen molar-refractivity contribution in [3.05, 3.63) is 17.3 Å². The van der Waals surface area contributed by atoms with E-state index in [1.807, 2.05) is 13.8 Å². The van der Waals surface area contributed by atoms with Crippen LogP contribution < -0.4 is 10.2 Å². The molecule has 0 aromatic carbocycles. The van der Waals surface area contributed by atoms with Crippen molar-refractivity contribution < 1.29 is 4.79 Å². The van der Waals surface area contributed by atoms with Crippen molar-refractivity contribution in [3.63, 3.8) is 0 Å². The molecule has 1 fully saturated rings. The fourth-order valence-corrected chi connectivity index (χ4v) is 3.96. The van der Waals surface area contributed by atoms with E-state index in [-0.39, 0.29) is 17.9 Å². The van der Waals surface area contributed by atoms with Gasteiger partial charge in [-0.1, -0.05) is 0 Å². The van der Waals surface area contributed by atoms with Crippen molar-refractivity contribution in [2.24, 2.45) is 5.92 Å². The Morgan fingerprint density at radius 3 is 2.77 bits per heavy atom. The Kier molecular flexibility index (Phi) is 4.29. The van der Waals surface area contributed by atoms with Gasteiger partial charge in [-0.15, -0.1) is 11.3 Å². The zero-order chi connectivity index (χ0) is 15.7. The highest BCUT2D eigenvalue weighted by molar-refractivity contribution is 7.18. The molecular weight excluding hydrogens is 296 g/mol. The van der Waals surface area contributed by atoms with Gasteiger partial charge in [0.1, 0.15) is 12.1 Å². The molecule has 0 saturated carbocycles. The van der Waals surface area contributed by atoms with Gasteiger partial charge in [-0.3, -0.25) is 4.79 Å². The summed E-state index contributed by atoms with van der Waals surface area (Å²) in [6.07, 6.45) is 3.41. The second-order valence-corrected chi connectivity index (χ2v) is 7.10. The molecule has 1 amide bonds. The van der Waals surface area contributed by atoms with Gasteiger partial charge in [-0.05, 0) is 44.6 Å². The lowest BCUT2D eigenvalue weighted by Gasteiger charge is -2.32. The van der Waals surface area contributed by atoms with E-state index in [1.54, 1.807) is 17.7 Å². The summed E-state index contributed by atoms with van der Waals surface area (Å²) in [5, 5.41) is 5.15. The van der Waals surface area contributed by atoms with E-state index in [1.165, 1.54) is 5.56 Å². The first-order chi connectivity index (χ1) is 10.6. The molecule has 0 unspecified atom stereocenters. The highest BCUT2D eigenvalue weighted by atomic mass is 32.1. The number of aromatic nitrogens is 2. The Hall–Kier alpha value is -1.69. The molecule has 1 aliphatic heterocycles. The molecule has 3 rings (SSSR count). The van der Waals surface area contributed by atoms with E-state index in [0.29, 0.717) is 0 Å². The average Bonchev–Trinajstić information content (AvgIpc) is 2.88. The number of anilines is 1. The zero-order valence-corrected chi connectivity index (χ0v) is 14.1. The summed E-state index contributed by atoms with van der Waals surface area (Å²) >= 11 is 1.70. The maximum absolute atomic E-state index is 12.1. The SMILES string of the molecule is Cc1csc2c(N3CCC(C(=O)NC(C)C)CC3)ncnc12. The summed E-state index contributed by atoms with van der Waals surface area (Å²) in [6.45, 7) is 7.84. The molecule has 0 atom stereocenters. The van der Waals surface area contributed by atoms with E-state index >= 15 is 0 Å². The molecule has 118 valence electrons. The second kappa shape index (κ2) is 6.20. The van der Waals surface area contributed by atoms with Crippen LogP contribution in [0.5, 0.6) is 0 Å². The highest BCUT2D eigenvalue weighted by Gasteiger charge is 2.27. The minimum atomic E-state index is 0.126. The number of thiophene rings is 1. The van der Waals surface area contributed by atoms with Crippen LogP contribution in [0.2, 0.25) is 0 Å². The number of aryl methyl sites for hydroxylation is 1. The predicted octanol–water partition coefficient (Wildman–Crippen LogP) is 2.74. The standard InChI is InChI=1S/C16H22N4OS/c1-10(2)19-16(21)12-4-6-20(7-5-12)15-14-13(17-9-18-15)11(3)8-22-14/h8-10,12H,4-7H2,1-3H3,(H,19,21). The Morgan fingerprint density at radius 2 is 2.09 bits per heavy atom. The van der Waals surface area contributed by atoms with E-state index in [2.05, 4.69) is 32.5 Å². The Labute approximate surface area is 134 Å². The first-order valence-electron chi connectivity index (χ1n) is 7.80. The third kappa shape index (κ3) is 2.92. The van der Waals surface area contributed by atoms with Crippen LogP contribution in [-0.4, -0.2) is 35.0 Å². The zero-order valence-electron chi connectivity index (χ0n) is 13.3. The summed E-state index contributed by atoms with van der Waals surface area (Å²) in [4.78, 5) is 23.3. The van der Waals surface area contributed by atoms with Gasteiger partial charge in [0.05, 0.1) is 10.2 Å². The lowest BCUT2D eigenvalue weighted by Crippen LogP contribution is -2.42. The minimum absolute atomic E-state index is 0.126. The predicted molar refractivity (Wildman–Crippen MR) is 90.4 cm³/mol. The van der Waals surface area contributed by atoms with Crippen LogP contribution in [0.1, 0.15) is 32.3 Å². The van der Waals surface area contributed by atoms with Crippen molar-refractivity contribution in [2.75, 3.05) is 18.0 Å². The van der Waals surface area contributed by atoms with Gasteiger partial charge < -0.3 is 10.2 Å². The highest BCUT2D eigenvalue weighted by Crippen LogP contribution is 2.32. The van der Waals surface area contributed by atoms with Crippen molar-refractivity contribution >= 4 is 33.3 Å². The van der Waals surface area contributed by atoms with Crippen molar-refractivity contribution in [2.45, 2.75) is 39.7 Å². The maximum atomic E-state index is 12.1. The summed E-state index contributed by atoms with van der Waals surface area (Å²) in [7, 11) is 0. The quantitative estimate of drug-likeness (QED) is 0.945. The molecule has 1 aliphatic rings. The van der Waals surface area contributed by atoms with Crippen LogP contribution >= 0.6 is 11.3 Å². The number of nitrogens with one attached hydrogen (secondary N) is 1. The molecule has 0 bridgehead atoms. The monoisotopic (exact) mass is 318 g/mol. The summed E-state index contributed by atoms with van der Waals surface area (Å²) in [5.74, 6) is 1.33. The van der Waals surface area contributed by atoms with Crippen LogP contribution in [-0.2, 0) is 4.79 Å². The number of carbonyl (C=O) groups excluding carboxylic acids is 1. The Balaban J connectivity index is 1.72. The minimum Gasteiger partial charge on any atom is -0.355 e. The lowest BCUT2D eigenvalue weighted by molar-refractivity contribution is -0.126. The van der Waals surface area contributed by atoms with Gasteiger partial charge in [0.15, 0.2) is 0 Å². The van der Waals surface area contributed by atoms with Crippen molar-refractivity contribution in [1.82, 2.24) is 15.3 Å². The smallest absolute Gasteiger partial charge is 0.223 e. The van der Waals surface area contributed by atoms with E-state index in [9.17, 15) is 4.79 Å². The van der Waals surface area contributed by atoms with E-state index in [4.69, 9.17) is 0 Å². The number of hydrogen-bond donors (Lipinski definition) is 1. The summed E-state index contributed by atoms with van der Waals surface area (Å²) in [6, 6.07) is 0.209. The molecule has 1 N–H and O–H groups in total. The summed E-state index contributed by atoms with van der Waals surface area (Å²) in [5.41, 5.74) is 2.25. The van der Waals surface area contributed by atoms with Gasteiger partial charge in [-0.2, -0.15) is 0 Å². The van der Waals surface area contributed by atoms with Crippen LogP contribution in [0.4, 0.5) is 5.82 Å².